The van der Waals surface area contributed by atoms with Crippen LogP contribution in [0.1, 0.15) is 18.4 Å². The zero-order chi connectivity index (χ0) is 19.8. The number of nitrogens with one attached hydrogen (secondary N) is 2. The summed E-state index contributed by atoms with van der Waals surface area (Å²) in [6.45, 7) is 2.10. The van der Waals surface area contributed by atoms with Crippen LogP contribution in [0.3, 0.4) is 0 Å². The first-order chi connectivity index (χ1) is 13.6. The molecule has 2 heterocycles. The Morgan fingerprint density at radius 2 is 2.11 bits per heavy atom. The minimum absolute atomic E-state index is 0.0727. The molecule has 1 saturated heterocycles. The quantitative estimate of drug-likeness (QED) is 0.605. The molecule has 1 atom stereocenters. The molecule has 8 heteroatoms. The number of β-amino-alcohol motifs (C(OH)–C–C–N with tert-alkyl or cyclic N) is 1. The van der Waals surface area contributed by atoms with Crippen LogP contribution in [-0.4, -0.2) is 60.6 Å². The Morgan fingerprint density at radius 1 is 1.29 bits per heavy atom. The van der Waals surface area contributed by atoms with Crippen molar-refractivity contribution in [3.8, 4) is 5.75 Å². The third kappa shape index (κ3) is 5.53. The van der Waals surface area contributed by atoms with Gasteiger partial charge in [-0.3, -0.25) is 0 Å². The Balaban J connectivity index is 1.51. The summed E-state index contributed by atoms with van der Waals surface area (Å²) in [5.74, 6) is 2.24. The lowest BCUT2D eigenvalue weighted by molar-refractivity contribution is 0.0259. The molecule has 0 saturated carbocycles. The Morgan fingerprint density at radius 3 is 2.86 bits per heavy atom. The first-order valence-electron chi connectivity index (χ1n) is 9.57. The average Bonchev–Trinajstić information content (AvgIpc) is 2.73. The third-order valence-corrected chi connectivity index (χ3v) is 4.84. The van der Waals surface area contributed by atoms with Gasteiger partial charge in [-0.1, -0.05) is 12.1 Å². The molecule has 7 nitrogen and oxygen atoms in total. The topological polar surface area (TPSA) is 82.5 Å². The second kappa shape index (κ2) is 9.66. The molecule has 0 amide bonds. The fourth-order valence-electron chi connectivity index (χ4n) is 3.41. The van der Waals surface area contributed by atoms with E-state index in [1.165, 1.54) is 6.33 Å². The van der Waals surface area contributed by atoms with Crippen molar-refractivity contribution in [3.05, 3.63) is 42.2 Å². The highest BCUT2D eigenvalue weighted by Crippen LogP contribution is 2.25. The maximum Gasteiger partial charge on any atom is 0.134 e. The van der Waals surface area contributed by atoms with Crippen LogP contribution in [0.15, 0.2) is 36.7 Å². The molecule has 1 aliphatic rings. The minimum Gasteiger partial charge on any atom is -0.491 e. The largest absolute Gasteiger partial charge is 0.491 e. The van der Waals surface area contributed by atoms with Gasteiger partial charge in [-0.05, 0) is 30.5 Å². The maximum absolute atomic E-state index is 12.1. The van der Waals surface area contributed by atoms with Gasteiger partial charge in [-0.25, -0.2) is 14.4 Å². The molecule has 1 unspecified atom stereocenters. The average molecular weight is 389 g/mol. The second-order valence-corrected chi connectivity index (χ2v) is 7.05. The van der Waals surface area contributed by atoms with E-state index in [1.54, 1.807) is 0 Å². The van der Waals surface area contributed by atoms with E-state index in [1.807, 2.05) is 37.4 Å². The van der Waals surface area contributed by atoms with Crippen molar-refractivity contribution in [1.29, 1.82) is 0 Å². The van der Waals surface area contributed by atoms with Crippen molar-refractivity contribution in [2.24, 2.45) is 0 Å². The number of hydrogen-bond acceptors (Lipinski definition) is 7. The van der Waals surface area contributed by atoms with Crippen LogP contribution in [-0.2, 0) is 6.54 Å². The predicted octanol–water partition coefficient (Wildman–Crippen LogP) is 1.99. The summed E-state index contributed by atoms with van der Waals surface area (Å²) >= 11 is 0. The Hall–Kier alpha value is -2.45. The molecule has 0 bridgehead atoms. The number of alkyl halides is 1. The smallest absolute Gasteiger partial charge is 0.134 e. The molecule has 28 heavy (non-hydrogen) atoms. The summed E-state index contributed by atoms with van der Waals surface area (Å²) in [5, 5.41) is 17.4. The number of nitrogens with zero attached hydrogens (tertiary/aromatic N) is 3. The van der Waals surface area contributed by atoms with Crippen molar-refractivity contribution in [2.45, 2.75) is 25.0 Å². The Labute approximate surface area is 165 Å². The van der Waals surface area contributed by atoms with Gasteiger partial charge in [-0.15, -0.1) is 0 Å². The monoisotopic (exact) mass is 389 g/mol. The first-order valence-corrected chi connectivity index (χ1v) is 9.57. The standard InChI is InChI=1S/C20H28FN5O2/c1-22-18-11-19(25-15-24-18)26-9-2-7-20(27,14-26)13-23-12-16-3-5-17(6-4-16)28-10-8-21/h3-6,11,15,23,27H,2,7-10,12-14H2,1H3,(H,22,24,25). The first kappa shape index (κ1) is 20.3. The van der Waals surface area contributed by atoms with Crippen LogP contribution >= 0.6 is 0 Å². The highest BCUT2D eigenvalue weighted by Gasteiger charge is 2.33. The molecule has 0 radical (unpaired) electrons. The van der Waals surface area contributed by atoms with Crippen LogP contribution in [0.4, 0.5) is 16.0 Å². The molecule has 0 aliphatic carbocycles. The van der Waals surface area contributed by atoms with Gasteiger partial charge in [0.1, 0.15) is 37.0 Å². The fourth-order valence-corrected chi connectivity index (χ4v) is 3.41. The number of aliphatic hydroxyl groups is 1. The van der Waals surface area contributed by atoms with E-state index in [0.717, 1.165) is 36.6 Å². The lowest BCUT2D eigenvalue weighted by Gasteiger charge is -2.40. The molecule has 1 fully saturated rings. The van der Waals surface area contributed by atoms with E-state index in [2.05, 4.69) is 25.5 Å². The number of anilines is 2. The summed E-state index contributed by atoms with van der Waals surface area (Å²) in [6.07, 6.45) is 3.18. The molecule has 1 aromatic carbocycles. The van der Waals surface area contributed by atoms with E-state index in [-0.39, 0.29) is 6.61 Å². The van der Waals surface area contributed by atoms with E-state index < -0.39 is 12.3 Å². The molecule has 2 aromatic rings. The number of rotatable bonds is 9. The highest BCUT2D eigenvalue weighted by molar-refractivity contribution is 5.48. The molecule has 1 aromatic heterocycles. The van der Waals surface area contributed by atoms with Crippen molar-refractivity contribution in [2.75, 3.05) is 50.2 Å². The highest BCUT2D eigenvalue weighted by atomic mass is 19.1. The predicted molar refractivity (Wildman–Crippen MR) is 108 cm³/mol. The van der Waals surface area contributed by atoms with Crippen molar-refractivity contribution in [1.82, 2.24) is 15.3 Å². The Kier molecular flexibility index (Phi) is 7.00. The van der Waals surface area contributed by atoms with Gasteiger partial charge in [0.2, 0.25) is 0 Å². The maximum atomic E-state index is 12.1. The zero-order valence-corrected chi connectivity index (χ0v) is 16.2. The third-order valence-electron chi connectivity index (χ3n) is 4.84. The van der Waals surface area contributed by atoms with Gasteiger partial charge in [0.25, 0.3) is 0 Å². The van der Waals surface area contributed by atoms with Gasteiger partial charge in [0.15, 0.2) is 0 Å². The number of piperidine rings is 1. The summed E-state index contributed by atoms with van der Waals surface area (Å²) in [6, 6.07) is 9.44. The molecule has 3 N–H and O–H groups in total. The van der Waals surface area contributed by atoms with Crippen LogP contribution in [0.25, 0.3) is 0 Å². The molecule has 3 rings (SSSR count). The number of benzene rings is 1. The molecular weight excluding hydrogens is 361 g/mol. The summed E-state index contributed by atoms with van der Waals surface area (Å²) in [5.41, 5.74) is 0.269. The summed E-state index contributed by atoms with van der Waals surface area (Å²) in [4.78, 5) is 10.6. The minimum atomic E-state index is -0.812. The molecule has 152 valence electrons. The van der Waals surface area contributed by atoms with Gasteiger partial charge >= 0.3 is 0 Å². The fraction of sp³-hybridized carbons (Fsp3) is 0.500. The van der Waals surface area contributed by atoms with Crippen LogP contribution in [0.2, 0.25) is 0 Å². The number of aromatic nitrogens is 2. The second-order valence-electron chi connectivity index (χ2n) is 7.05. The van der Waals surface area contributed by atoms with Crippen molar-refractivity contribution >= 4 is 11.6 Å². The van der Waals surface area contributed by atoms with Gasteiger partial charge in [-0.2, -0.15) is 0 Å². The van der Waals surface area contributed by atoms with Crippen LogP contribution in [0.5, 0.6) is 5.75 Å². The van der Waals surface area contributed by atoms with Gasteiger partial charge < -0.3 is 25.4 Å². The van der Waals surface area contributed by atoms with E-state index >= 15 is 0 Å². The summed E-state index contributed by atoms with van der Waals surface area (Å²) in [7, 11) is 1.82. The molecular formula is C20H28FN5O2. The number of ether oxygens (including phenoxy) is 1. The van der Waals surface area contributed by atoms with Gasteiger partial charge in [0.05, 0.1) is 5.60 Å². The normalized spacial score (nSPS) is 19.5. The lowest BCUT2D eigenvalue weighted by Crippen LogP contribution is -2.53. The Bertz CT molecular complexity index is 746. The number of hydrogen-bond donors (Lipinski definition) is 3. The lowest BCUT2D eigenvalue weighted by atomic mass is 9.92. The summed E-state index contributed by atoms with van der Waals surface area (Å²) < 4.78 is 17.4. The number of halogens is 1. The molecule has 1 aliphatic heterocycles. The molecule has 0 spiro atoms. The van der Waals surface area contributed by atoms with Crippen molar-refractivity contribution < 1.29 is 14.2 Å². The SMILES string of the molecule is CNc1cc(N2CCCC(O)(CNCc3ccc(OCCF)cc3)C2)ncn1. The van der Waals surface area contributed by atoms with Crippen LogP contribution < -0.4 is 20.3 Å². The van der Waals surface area contributed by atoms with E-state index in [9.17, 15) is 9.50 Å². The van der Waals surface area contributed by atoms with Gasteiger partial charge in [0, 0.05) is 39.3 Å². The zero-order valence-electron chi connectivity index (χ0n) is 16.2. The van der Waals surface area contributed by atoms with E-state index in [0.29, 0.717) is 25.4 Å². The van der Waals surface area contributed by atoms with Crippen molar-refractivity contribution in [3.63, 3.8) is 0 Å². The van der Waals surface area contributed by atoms with Crippen LogP contribution in [0, 0.1) is 0 Å². The van der Waals surface area contributed by atoms with E-state index in [4.69, 9.17) is 4.74 Å².